The fraction of sp³-hybridized carbons (Fsp3) is 0. The summed E-state index contributed by atoms with van der Waals surface area (Å²) in [6, 6.07) is 70.0. The lowest BCUT2D eigenvalue weighted by molar-refractivity contribution is 0.636. The minimum atomic E-state index is 0.902. The maximum Gasteiger partial charge on any atom is 0.144 e. The fourth-order valence-corrected chi connectivity index (χ4v) is 10.9. The highest BCUT2D eigenvalue weighted by molar-refractivity contribution is 7.26. The van der Waals surface area contributed by atoms with Gasteiger partial charge in [-0.15, -0.1) is 11.3 Å². The summed E-state index contributed by atoms with van der Waals surface area (Å²) in [6.45, 7) is 0. The van der Waals surface area contributed by atoms with Crippen LogP contribution in [0.25, 0.3) is 130 Å². The van der Waals surface area contributed by atoms with Crippen molar-refractivity contribution in [2.45, 2.75) is 0 Å². The predicted molar refractivity (Wildman–Crippen MR) is 251 cm³/mol. The molecular formula is C56H32O2S. The van der Waals surface area contributed by atoms with Crippen LogP contribution in [0.5, 0.6) is 0 Å². The van der Waals surface area contributed by atoms with Crippen molar-refractivity contribution >= 4 is 96.7 Å². The lowest BCUT2D eigenvalue weighted by Crippen LogP contribution is -1.90. The summed E-state index contributed by atoms with van der Waals surface area (Å²) < 4.78 is 16.0. The van der Waals surface area contributed by atoms with E-state index in [1.165, 1.54) is 74.6 Å². The van der Waals surface area contributed by atoms with Crippen molar-refractivity contribution < 1.29 is 8.83 Å². The standard InChI is InChI=1S/C56H32O2S/c1-3-14-34(15-4-1)52-45-28-30-48-54(56(45)58-55(52)35-16-5-2-6-17-35)44-27-24-37(32-49(44)59-48)51-41-21-11-9-19-39(41)50(40-20-10-12-22-42(40)51)36-23-26-43-47(31-36)57-46-29-25-33-13-7-8-18-38(33)53(43)46/h1-32H. The van der Waals surface area contributed by atoms with Crippen LogP contribution in [0.2, 0.25) is 0 Å². The van der Waals surface area contributed by atoms with Crippen molar-refractivity contribution in [2.75, 3.05) is 0 Å². The first-order chi connectivity index (χ1) is 29.3. The van der Waals surface area contributed by atoms with E-state index in [4.69, 9.17) is 8.83 Å². The van der Waals surface area contributed by atoms with Gasteiger partial charge < -0.3 is 8.83 Å². The van der Waals surface area contributed by atoms with E-state index in [2.05, 4.69) is 194 Å². The number of benzene rings is 10. The number of hydrogen-bond acceptors (Lipinski definition) is 3. The number of thiophene rings is 1. The monoisotopic (exact) mass is 768 g/mol. The van der Waals surface area contributed by atoms with Gasteiger partial charge in [-0.3, -0.25) is 0 Å². The maximum absolute atomic E-state index is 6.97. The van der Waals surface area contributed by atoms with Crippen molar-refractivity contribution in [1.82, 2.24) is 0 Å². The lowest BCUT2D eigenvalue weighted by atomic mass is 9.85. The third-order valence-electron chi connectivity index (χ3n) is 12.3. The Kier molecular flexibility index (Phi) is 6.92. The second-order valence-electron chi connectivity index (χ2n) is 15.5. The zero-order valence-corrected chi connectivity index (χ0v) is 32.5. The molecule has 0 saturated carbocycles. The van der Waals surface area contributed by atoms with Gasteiger partial charge >= 0.3 is 0 Å². The van der Waals surface area contributed by atoms with Gasteiger partial charge in [-0.1, -0.05) is 158 Å². The molecule has 0 atom stereocenters. The van der Waals surface area contributed by atoms with Crippen LogP contribution in [0.1, 0.15) is 0 Å². The van der Waals surface area contributed by atoms with Crippen LogP contribution in [0.3, 0.4) is 0 Å². The summed E-state index contributed by atoms with van der Waals surface area (Å²) in [5, 5.41) is 13.2. The normalized spacial score (nSPS) is 12.1. The Morgan fingerprint density at radius 1 is 0.305 bits per heavy atom. The molecule has 0 bridgehead atoms. The highest BCUT2D eigenvalue weighted by Gasteiger charge is 2.23. The first-order valence-corrected chi connectivity index (χ1v) is 20.9. The van der Waals surface area contributed by atoms with Gasteiger partial charge in [0.05, 0.1) is 0 Å². The van der Waals surface area contributed by atoms with Gasteiger partial charge in [-0.25, -0.2) is 0 Å². The smallest absolute Gasteiger partial charge is 0.144 e. The van der Waals surface area contributed by atoms with Crippen LogP contribution in [0.15, 0.2) is 203 Å². The predicted octanol–water partition coefficient (Wildman–Crippen LogP) is 16.8. The first-order valence-electron chi connectivity index (χ1n) is 20.1. The zero-order chi connectivity index (χ0) is 38.6. The van der Waals surface area contributed by atoms with E-state index in [1.54, 1.807) is 0 Å². The summed E-state index contributed by atoms with van der Waals surface area (Å²) >= 11 is 1.84. The number of furan rings is 2. The molecular weight excluding hydrogens is 737 g/mol. The van der Waals surface area contributed by atoms with Gasteiger partial charge in [0, 0.05) is 47.5 Å². The Bertz CT molecular complexity index is 3770. The molecule has 0 fully saturated rings. The highest BCUT2D eigenvalue weighted by Crippen LogP contribution is 2.49. The largest absolute Gasteiger partial charge is 0.456 e. The molecule has 3 heteroatoms. The number of fused-ring (bicyclic) bond motifs is 12. The zero-order valence-electron chi connectivity index (χ0n) is 31.7. The molecule has 274 valence electrons. The fourth-order valence-electron chi connectivity index (χ4n) is 9.71. The van der Waals surface area contributed by atoms with Crippen molar-refractivity contribution in [3.8, 4) is 44.7 Å². The minimum absolute atomic E-state index is 0.902. The van der Waals surface area contributed by atoms with Gasteiger partial charge in [0.1, 0.15) is 22.5 Å². The van der Waals surface area contributed by atoms with Crippen LogP contribution >= 0.6 is 11.3 Å². The summed E-state index contributed by atoms with van der Waals surface area (Å²) in [5.41, 5.74) is 10.9. The van der Waals surface area contributed by atoms with Crippen molar-refractivity contribution in [3.63, 3.8) is 0 Å². The van der Waals surface area contributed by atoms with E-state index in [1.807, 2.05) is 11.3 Å². The summed E-state index contributed by atoms with van der Waals surface area (Å²) in [7, 11) is 0. The van der Waals surface area contributed by atoms with Crippen molar-refractivity contribution in [1.29, 1.82) is 0 Å². The minimum Gasteiger partial charge on any atom is -0.456 e. The SMILES string of the molecule is c1ccc(-c2oc3c(ccc4sc5cc(-c6c7ccccc7c(-c7ccc8c(c7)oc7ccc9ccccc9c78)c7ccccc67)ccc5c43)c2-c2ccccc2)cc1. The van der Waals surface area contributed by atoms with E-state index in [0.717, 1.165) is 55.5 Å². The molecule has 3 heterocycles. The van der Waals surface area contributed by atoms with Gasteiger partial charge in [0.25, 0.3) is 0 Å². The summed E-state index contributed by atoms with van der Waals surface area (Å²) in [6.07, 6.45) is 0. The Morgan fingerprint density at radius 2 is 0.881 bits per heavy atom. The molecule has 3 aromatic heterocycles. The lowest BCUT2D eigenvalue weighted by Gasteiger charge is -2.17. The summed E-state index contributed by atoms with van der Waals surface area (Å²) in [5.74, 6) is 0.904. The van der Waals surface area contributed by atoms with Crippen LogP contribution in [0.4, 0.5) is 0 Å². The van der Waals surface area contributed by atoms with Crippen molar-refractivity contribution in [3.05, 3.63) is 194 Å². The highest BCUT2D eigenvalue weighted by atomic mass is 32.1. The van der Waals surface area contributed by atoms with E-state index >= 15 is 0 Å². The number of hydrogen-bond donors (Lipinski definition) is 0. The van der Waals surface area contributed by atoms with Gasteiger partial charge in [0.2, 0.25) is 0 Å². The molecule has 10 aromatic carbocycles. The van der Waals surface area contributed by atoms with Crippen LogP contribution < -0.4 is 0 Å². The topological polar surface area (TPSA) is 26.3 Å². The molecule has 0 aliphatic carbocycles. The molecule has 0 aliphatic heterocycles. The first kappa shape index (κ1) is 32.6. The van der Waals surface area contributed by atoms with E-state index in [-0.39, 0.29) is 0 Å². The van der Waals surface area contributed by atoms with Gasteiger partial charge in [-0.2, -0.15) is 0 Å². The maximum atomic E-state index is 6.97. The molecule has 0 N–H and O–H groups in total. The molecule has 13 aromatic rings. The molecule has 0 aliphatic rings. The quantitative estimate of drug-likeness (QED) is 0.167. The van der Waals surface area contributed by atoms with Gasteiger partial charge in [-0.05, 0) is 96.5 Å². The molecule has 0 radical (unpaired) electrons. The summed E-state index contributed by atoms with van der Waals surface area (Å²) in [4.78, 5) is 0. The second kappa shape index (κ2) is 12.5. The van der Waals surface area contributed by atoms with Gasteiger partial charge in [0.15, 0.2) is 0 Å². The van der Waals surface area contributed by atoms with E-state index in [9.17, 15) is 0 Å². The molecule has 59 heavy (non-hydrogen) atoms. The molecule has 0 spiro atoms. The van der Waals surface area contributed by atoms with E-state index in [0.29, 0.717) is 0 Å². The third-order valence-corrected chi connectivity index (χ3v) is 13.4. The molecule has 13 rings (SSSR count). The number of rotatable bonds is 4. The Hall–Kier alpha value is -7.46. The Balaban J connectivity index is 1.02. The Labute approximate surface area is 342 Å². The molecule has 0 amide bonds. The Morgan fingerprint density at radius 3 is 1.58 bits per heavy atom. The van der Waals surface area contributed by atoms with Crippen molar-refractivity contribution in [2.24, 2.45) is 0 Å². The second-order valence-corrected chi connectivity index (χ2v) is 16.6. The van der Waals surface area contributed by atoms with E-state index < -0.39 is 0 Å². The third kappa shape index (κ3) is 4.80. The average molecular weight is 769 g/mol. The van der Waals surface area contributed by atoms with Crippen LogP contribution in [0, 0.1) is 0 Å². The van der Waals surface area contributed by atoms with Crippen LogP contribution in [-0.4, -0.2) is 0 Å². The molecule has 0 saturated heterocycles. The molecule has 2 nitrogen and oxygen atoms in total. The molecule has 0 unspecified atom stereocenters. The van der Waals surface area contributed by atoms with Crippen LogP contribution in [-0.2, 0) is 0 Å². The average Bonchev–Trinajstić information content (AvgIpc) is 3.99.